The van der Waals surface area contributed by atoms with Gasteiger partial charge in [0.25, 0.3) is 0 Å². The lowest BCUT2D eigenvalue weighted by atomic mass is 10.5. The van der Waals surface area contributed by atoms with Gasteiger partial charge in [-0.25, -0.2) is 0 Å². The zero-order valence-electron chi connectivity index (χ0n) is 6.52. The van der Waals surface area contributed by atoms with Gasteiger partial charge in [-0.3, -0.25) is 0 Å². The van der Waals surface area contributed by atoms with Gasteiger partial charge in [-0.05, 0) is 6.42 Å². The molecule has 2 nitrogen and oxygen atoms in total. The average molecular weight is 164 g/mol. The molecule has 0 unspecified atom stereocenters. The van der Waals surface area contributed by atoms with Crippen LogP contribution in [0.3, 0.4) is 0 Å². The molecule has 0 aromatic heterocycles. The van der Waals surface area contributed by atoms with Gasteiger partial charge in [-0.15, -0.1) is 0 Å². The minimum atomic E-state index is 0. The Hall–Kier alpha value is -0.0800. The van der Waals surface area contributed by atoms with Crippen LogP contribution in [-0.4, -0.2) is 19.5 Å². The lowest BCUT2D eigenvalue weighted by Crippen LogP contribution is -2.03. The molecular formula is C9H24O2. The Balaban J connectivity index is -0.000000149. The third-order valence-electron chi connectivity index (χ3n) is 1.02. The normalized spacial score (nSPS) is 15.5. The first-order valence-electron chi connectivity index (χ1n) is 3.66. The van der Waals surface area contributed by atoms with Crippen LogP contribution in [0.15, 0.2) is 0 Å². The minimum absolute atomic E-state index is 0. The maximum atomic E-state index is 5.08. The maximum absolute atomic E-state index is 5.08. The summed E-state index contributed by atoms with van der Waals surface area (Å²) in [6.07, 6.45) is 1.07. The van der Waals surface area contributed by atoms with Gasteiger partial charge in [0.2, 0.25) is 0 Å². The minimum Gasteiger partial charge on any atom is -0.350 e. The van der Waals surface area contributed by atoms with Crippen molar-refractivity contribution in [3.05, 3.63) is 0 Å². The van der Waals surface area contributed by atoms with Gasteiger partial charge in [0, 0.05) is 0 Å². The summed E-state index contributed by atoms with van der Waals surface area (Å²) in [5, 5.41) is 0. The van der Waals surface area contributed by atoms with E-state index in [2.05, 4.69) is 6.92 Å². The van der Waals surface area contributed by atoms with Gasteiger partial charge in [0.15, 0.2) is 6.29 Å². The van der Waals surface area contributed by atoms with Crippen molar-refractivity contribution in [1.29, 1.82) is 0 Å². The first kappa shape index (κ1) is 17.1. The molecule has 1 aliphatic heterocycles. The van der Waals surface area contributed by atoms with Crippen LogP contribution in [0.1, 0.15) is 42.0 Å². The molecule has 72 valence electrons. The molecule has 0 aliphatic carbocycles. The lowest BCUT2D eigenvalue weighted by molar-refractivity contribution is -0.0430. The van der Waals surface area contributed by atoms with Crippen LogP contribution >= 0.6 is 0 Å². The van der Waals surface area contributed by atoms with E-state index in [-0.39, 0.29) is 21.1 Å². The molecule has 11 heavy (non-hydrogen) atoms. The number of ether oxygens (including phenoxy) is 2. The summed E-state index contributed by atoms with van der Waals surface area (Å²) in [5.41, 5.74) is 0. The van der Waals surface area contributed by atoms with Crippen LogP contribution in [0, 0.1) is 0 Å². The molecule has 1 aliphatic rings. The second-order valence-corrected chi connectivity index (χ2v) is 1.58. The Morgan fingerprint density at radius 3 is 1.64 bits per heavy atom. The van der Waals surface area contributed by atoms with E-state index in [4.69, 9.17) is 9.47 Å². The van der Waals surface area contributed by atoms with Crippen molar-refractivity contribution in [3.63, 3.8) is 0 Å². The fraction of sp³-hybridized carbons (Fsp3) is 1.00. The molecule has 1 saturated heterocycles. The van der Waals surface area contributed by atoms with Crippen molar-refractivity contribution >= 4 is 0 Å². The van der Waals surface area contributed by atoms with E-state index in [1.807, 2.05) is 13.8 Å². The second kappa shape index (κ2) is 12.6. The zero-order chi connectivity index (χ0) is 7.11. The predicted octanol–water partition coefficient (Wildman–Crippen LogP) is 3.07. The lowest BCUT2D eigenvalue weighted by Gasteiger charge is -2.01. The van der Waals surface area contributed by atoms with E-state index in [0.717, 1.165) is 19.6 Å². The highest BCUT2D eigenvalue weighted by atomic mass is 16.7. The zero-order valence-corrected chi connectivity index (χ0v) is 6.52. The van der Waals surface area contributed by atoms with E-state index in [9.17, 15) is 0 Å². The van der Waals surface area contributed by atoms with Crippen molar-refractivity contribution in [2.24, 2.45) is 0 Å². The molecule has 0 saturated carbocycles. The molecule has 0 amide bonds. The molecule has 0 radical (unpaired) electrons. The largest absolute Gasteiger partial charge is 0.350 e. The molecule has 0 bridgehead atoms. The topological polar surface area (TPSA) is 18.5 Å². The number of rotatable bonds is 1. The molecule has 1 rings (SSSR count). The molecule has 0 N–H and O–H groups in total. The van der Waals surface area contributed by atoms with E-state index in [0.29, 0.717) is 0 Å². The summed E-state index contributed by atoms with van der Waals surface area (Å²) >= 11 is 0. The Morgan fingerprint density at radius 1 is 1.09 bits per heavy atom. The summed E-state index contributed by atoms with van der Waals surface area (Å²) in [5.74, 6) is 0. The molecule has 0 spiro atoms. The van der Waals surface area contributed by atoms with Crippen molar-refractivity contribution in [2.75, 3.05) is 13.2 Å². The van der Waals surface area contributed by atoms with Crippen LogP contribution < -0.4 is 0 Å². The smallest absolute Gasteiger partial charge is 0.157 e. The van der Waals surface area contributed by atoms with Crippen molar-refractivity contribution in [3.8, 4) is 0 Å². The number of hydrogen-bond acceptors (Lipinski definition) is 2. The Labute approximate surface area is 71.9 Å². The Kier molecular flexibility index (Phi) is 19.6. The van der Waals surface area contributed by atoms with Crippen LogP contribution in [0.2, 0.25) is 0 Å². The molecule has 2 heteroatoms. The summed E-state index contributed by atoms with van der Waals surface area (Å²) in [6, 6.07) is 0. The molecule has 0 aromatic rings. The summed E-state index contributed by atoms with van der Waals surface area (Å²) in [6.45, 7) is 7.60. The van der Waals surface area contributed by atoms with E-state index >= 15 is 0 Å². The Bertz CT molecular complexity index is 49.5. The van der Waals surface area contributed by atoms with Gasteiger partial charge in [0.05, 0.1) is 13.2 Å². The number of hydrogen-bond donors (Lipinski definition) is 0. The van der Waals surface area contributed by atoms with Crippen LogP contribution in [0.25, 0.3) is 0 Å². The van der Waals surface area contributed by atoms with Crippen LogP contribution in [0.5, 0.6) is 0 Å². The van der Waals surface area contributed by atoms with Gasteiger partial charge >= 0.3 is 0 Å². The van der Waals surface area contributed by atoms with Crippen molar-refractivity contribution in [2.45, 2.75) is 48.3 Å². The van der Waals surface area contributed by atoms with Gasteiger partial charge in [0.1, 0.15) is 0 Å². The molecule has 1 heterocycles. The standard InChI is InChI=1S/C5H10O2.C2H6.2CH4/c1-2-5-6-3-4-7-5;1-2;;/h5H,2-4H2,1H3;1-2H3;2*1H4. The predicted molar refractivity (Wildman–Crippen MR) is 50.8 cm³/mol. The highest BCUT2D eigenvalue weighted by Gasteiger charge is 2.11. The summed E-state index contributed by atoms with van der Waals surface area (Å²) in [7, 11) is 0. The summed E-state index contributed by atoms with van der Waals surface area (Å²) in [4.78, 5) is 0. The molecular weight excluding hydrogens is 140 g/mol. The molecule has 0 atom stereocenters. The fourth-order valence-corrected chi connectivity index (χ4v) is 0.643. The highest BCUT2D eigenvalue weighted by Crippen LogP contribution is 2.05. The Morgan fingerprint density at radius 2 is 1.45 bits per heavy atom. The monoisotopic (exact) mass is 164 g/mol. The molecule has 1 fully saturated rings. The van der Waals surface area contributed by atoms with E-state index < -0.39 is 0 Å². The van der Waals surface area contributed by atoms with Crippen molar-refractivity contribution in [1.82, 2.24) is 0 Å². The second-order valence-electron chi connectivity index (χ2n) is 1.58. The third-order valence-corrected chi connectivity index (χ3v) is 1.02. The van der Waals surface area contributed by atoms with Gasteiger partial charge in [-0.1, -0.05) is 35.6 Å². The van der Waals surface area contributed by atoms with E-state index in [1.165, 1.54) is 0 Å². The average Bonchev–Trinajstić information content (AvgIpc) is 2.43. The maximum Gasteiger partial charge on any atom is 0.157 e. The quantitative estimate of drug-likeness (QED) is 0.593. The third kappa shape index (κ3) is 7.82. The van der Waals surface area contributed by atoms with Crippen molar-refractivity contribution < 1.29 is 9.47 Å². The highest BCUT2D eigenvalue weighted by molar-refractivity contribution is 4.46. The summed E-state index contributed by atoms with van der Waals surface area (Å²) < 4.78 is 10.2. The molecule has 0 aromatic carbocycles. The SMILES string of the molecule is C.C.CC.CCC1OCCO1. The van der Waals surface area contributed by atoms with Crippen LogP contribution in [0.4, 0.5) is 0 Å². The van der Waals surface area contributed by atoms with Gasteiger partial charge in [-0.2, -0.15) is 0 Å². The first-order valence-corrected chi connectivity index (χ1v) is 3.66. The first-order chi connectivity index (χ1) is 4.43. The fourth-order valence-electron chi connectivity index (χ4n) is 0.643. The van der Waals surface area contributed by atoms with Gasteiger partial charge < -0.3 is 9.47 Å². The van der Waals surface area contributed by atoms with E-state index in [1.54, 1.807) is 0 Å². The van der Waals surface area contributed by atoms with Crippen LogP contribution in [-0.2, 0) is 9.47 Å².